The molecule has 2 N–H and O–H groups in total. The molecular formula is C11H26N2. The first-order valence-electron chi connectivity index (χ1n) is 5.11. The summed E-state index contributed by atoms with van der Waals surface area (Å²) in [6.07, 6.45) is 5.34. The van der Waals surface area contributed by atoms with Gasteiger partial charge in [0.2, 0.25) is 0 Å². The third-order valence-corrected chi connectivity index (χ3v) is 0.939. The minimum atomic E-state index is 1.04. The lowest BCUT2D eigenvalue weighted by Crippen LogP contribution is -1.85. The highest BCUT2D eigenvalue weighted by Crippen LogP contribution is 1.95. The highest BCUT2D eigenvalue weighted by molar-refractivity contribution is 5.52. The summed E-state index contributed by atoms with van der Waals surface area (Å²) in [5, 5.41) is 0. The number of nitrogens with zero attached hydrogens (tertiary/aromatic N) is 1. The van der Waals surface area contributed by atoms with Crippen LogP contribution in [-0.4, -0.2) is 6.34 Å². The molecule has 0 amide bonds. The van der Waals surface area contributed by atoms with Crippen LogP contribution in [0.4, 0.5) is 0 Å². The fourth-order valence-corrected chi connectivity index (χ4v) is 0.262. The first kappa shape index (κ1) is 18.1. The third kappa shape index (κ3) is 35.0. The molecular weight excluding hydrogens is 160 g/mol. The molecule has 0 aliphatic carbocycles. The summed E-state index contributed by atoms with van der Waals surface area (Å²) in [5.41, 5.74) is 6.24. The van der Waals surface area contributed by atoms with Gasteiger partial charge in [0.15, 0.2) is 0 Å². The highest BCUT2D eigenvalue weighted by atomic mass is 14.8. The molecule has 0 aliphatic heterocycles. The van der Waals surface area contributed by atoms with E-state index in [2.05, 4.69) is 25.8 Å². The number of rotatable bonds is 2. The molecule has 0 heterocycles. The van der Waals surface area contributed by atoms with Gasteiger partial charge in [0.25, 0.3) is 0 Å². The topological polar surface area (TPSA) is 38.4 Å². The second-order valence-corrected chi connectivity index (χ2v) is 2.33. The zero-order valence-electron chi connectivity index (χ0n) is 10.1. The number of nitrogens with two attached hydrogens (primary N) is 1. The molecule has 0 saturated carbocycles. The third-order valence-electron chi connectivity index (χ3n) is 0.939. The van der Waals surface area contributed by atoms with Crippen LogP contribution in [-0.2, 0) is 0 Å². The lowest BCUT2D eigenvalue weighted by molar-refractivity contribution is 1.09. The van der Waals surface area contributed by atoms with Gasteiger partial charge in [0.1, 0.15) is 0 Å². The average molecular weight is 186 g/mol. The van der Waals surface area contributed by atoms with Crippen molar-refractivity contribution in [2.75, 3.05) is 0 Å². The van der Waals surface area contributed by atoms with Crippen LogP contribution in [0.2, 0.25) is 0 Å². The maximum absolute atomic E-state index is 5.00. The van der Waals surface area contributed by atoms with E-state index in [-0.39, 0.29) is 0 Å². The van der Waals surface area contributed by atoms with Gasteiger partial charge in [-0.15, -0.1) is 0 Å². The van der Waals surface area contributed by atoms with Crippen LogP contribution >= 0.6 is 0 Å². The minimum absolute atomic E-state index is 1.04. The van der Waals surface area contributed by atoms with Gasteiger partial charge in [-0.05, 0) is 13.3 Å². The molecule has 0 aromatic carbocycles. The van der Waals surface area contributed by atoms with Crippen LogP contribution in [0.3, 0.4) is 0 Å². The predicted octanol–water partition coefficient (Wildman–Crippen LogP) is 3.73. The Kier molecular flexibility index (Phi) is 31.3. The van der Waals surface area contributed by atoms with Crippen LogP contribution in [0.5, 0.6) is 0 Å². The van der Waals surface area contributed by atoms with Crippen molar-refractivity contribution in [1.82, 2.24) is 0 Å². The van der Waals surface area contributed by atoms with Gasteiger partial charge in [-0.1, -0.05) is 46.6 Å². The summed E-state index contributed by atoms with van der Waals surface area (Å²) in [4.78, 5) is 3.73. The quantitative estimate of drug-likeness (QED) is 0.518. The lowest BCUT2D eigenvalue weighted by atomic mass is 10.3. The second-order valence-electron chi connectivity index (χ2n) is 2.33. The minimum Gasteiger partial charge on any atom is -0.390 e. The van der Waals surface area contributed by atoms with Crippen molar-refractivity contribution in [3.63, 3.8) is 0 Å². The summed E-state index contributed by atoms with van der Waals surface area (Å²) >= 11 is 0. The molecule has 0 rings (SSSR count). The zero-order chi connectivity index (χ0) is 11.1. The molecule has 0 aromatic heterocycles. The monoisotopic (exact) mass is 186 g/mol. The first-order valence-corrected chi connectivity index (χ1v) is 5.11. The SMILES string of the molecule is CC.CC/C(C)=C/N=CN.CCC. The van der Waals surface area contributed by atoms with Crippen molar-refractivity contribution in [3.05, 3.63) is 11.8 Å². The molecule has 0 aliphatic rings. The van der Waals surface area contributed by atoms with Gasteiger partial charge in [-0.3, -0.25) is 0 Å². The second kappa shape index (κ2) is 22.5. The molecule has 0 fully saturated rings. The van der Waals surface area contributed by atoms with E-state index >= 15 is 0 Å². The molecule has 0 saturated heterocycles. The van der Waals surface area contributed by atoms with E-state index < -0.39 is 0 Å². The van der Waals surface area contributed by atoms with Gasteiger partial charge in [-0.2, -0.15) is 0 Å². The van der Waals surface area contributed by atoms with Crippen molar-refractivity contribution >= 4 is 6.34 Å². The molecule has 0 spiro atoms. The summed E-state index contributed by atoms with van der Waals surface area (Å²) in [6, 6.07) is 0. The zero-order valence-corrected chi connectivity index (χ0v) is 10.1. The highest BCUT2D eigenvalue weighted by Gasteiger charge is 1.76. The Labute approximate surface area is 83.9 Å². The fraction of sp³-hybridized carbons (Fsp3) is 0.727. The molecule has 0 radical (unpaired) electrons. The van der Waals surface area contributed by atoms with E-state index in [4.69, 9.17) is 5.73 Å². The Morgan fingerprint density at radius 3 is 1.85 bits per heavy atom. The summed E-state index contributed by atoms with van der Waals surface area (Å²) < 4.78 is 0. The Morgan fingerprint density at radius 2 is 1.62 bits per heavy atom. The van der Waals surface area contributed by atoms with Crippen molar-refractivity contribution < 1.29 is 0 Å². The van der Waals surface area contributed by atoms with Crippen LogP contribution in [0.25, 0.3) is 0 Å². The van der Waals surface area contributed by atoms with E-state index in [1.807, 2.05) is 20.8 Å². The fourth-order valence-electron chi connectivity index (χ4n) is 0.262. The number of hydrogen-bond donors (Lipinski definition) is 1. The van der Waals surface area contributed by atoms with Gasteiger partial charge >= 0.3 is 0 Å². The lowest BCUT2D eigenvalue weighted by Gasteiger charge is -1.86. The van der Waals surface area contributed by atoms with Crippen molar-refractivity contribution in [2.45, 2.75) is 54.4 Å². The summed E-state index contributed by atoms with van der Waals surface area (Å²) in [6.45, 7) is 12.4. The van der Waals surface area contributed by atoms with E-state index in [0.29, 0.717) is 0 Å². The molecule has 0 bridgehead atoms. The Bertz CT molecular complexity index is 115. The van der Waals surface area contributed by atoms with E-state index in [1.165, 1.54) is 18.3 Å². The number of aliphatic imine (C=N–C) groups is 1. The van der Waals surface area contributed by atoms with Crippen molar-refractivity contribution in [3.8, 4) is 0 Å². The molecule has 80 valence electrons. The number of allylic oxidation sites excluding steroid dienone is 1. The number of hydrogen-bond acceptors (Lipinski definition) is 1. The van der Waals surface area contributed by atoms with E-state index in [0.717, 1.165) is 6.42 Å². The first-order chi connectivity index (χ1) is 6.22. The maximum atomic E-state index is 5.00. The molecule has 0 unspecified atom stereocenters. The molecule has 2 heteroatoms. The van der Waals surface area contributed by atoms with Crippen molar-refractivity contribution in [2.24, 2.45) is 10.7 Å². The summed E-state index contributed by atoms with van der Waals surface area (Å²) in [7, 11) is 0. The van der Waals surface area contributed by atoms with Crippen LogP contribution in [0.15, 0.2) is 16.8 Å². The van der Waals surface area contributed by atoms with Gasteiger partial charge in [0.05, 0.1) is 6.34 Å². The predicted molar refractivity (Wildman–Crippen MR) is 64.0 cm³/mol. The van der Waals surface area contributed by atoms with Crippen LogP contribution < -0.4 is 5.73 Å². The van der Waals surface area contributed by atoms with Gasteiger partial charge < -0.3 is 5.73 Å². The Balaban J connectivity index is -0.000000169. The molecule has 0 aromatic rings. The van der Waals surface area contributed by atoms with E-state index in [1.54, 1.807) is 6.20 Å². The summed E-state index contributed by atoms with van der Waals surface area (Å²) in [5.74, 6) is 0. The van der Waals surface area contributed by atoms with Crippen molar-refractivity contribution in [1.29, 1.82) is 0 Å². The molecule has 0 atom stereocenters. The van der Waals surface area contributed by atoms with Gasteiger partial charge in [0, 0.05) is 6.20 Å². The molecule has 13 heavy (non-hydrogen) atoms. The normalized spacial score (nSPS) is 9.85. The van der Waals surface area contributed by atoms with Crippen LogP contribution in [0, 0.1) is 0 Å². The maximum Gasteiger partial charge on any atom is 0.0852 e. The smallest absolute Gasteiger partial charge is 0.0852 e. The largest absolute Gasteiger partial charge is 0.390 e. The Hall–Kier alpha value is -0.790. The van der Waals surface area contributed by atoms with Gasteiger partial charge in [-0.25, -0.2) is 4.99 Å². The average Bonchev–Trinajstić information content (AvgIpc) is 2.18. The standard InChI is InChI=1S/C6H12N2.C3H8.C2H6/c1-3-6(2)4-8-5-7;1-3-2;1-2/h4-5H,3H2,1-2H3,(H2,7,8);3H2,1-2H3;1-2H3/b6-4+;;. The molecule has 2 nitrogen and oxygen atoms in total. The Morgan fingerprint density at radius 1 is 1.23 bits per heavy atom. The van der Waals surface area contributed by atoms with E-state index in [9.17, 15) is 0 Å². The van der Waals surface area contributed by atoms with Crippen LogP contribution in [0.1, 0.15) is 54.4 Å².